The van der Waals surface area contributed by atoms with Crippen LogP contribution in [0.1, 0.15) is 22.8 Å². The first-order chi connectivity index (χ1) is 12.2. The van der Waals surface area contributed by atoms with E-state index in [4.69, 9.17) is 16.3 Å². The summed E-state index contributed by atoms with van der Waals surface area (Å²) in [5, 5.41) is 5.47. The van der Waals surface area contributed by atoms with Crippen molar-refractivity contribution in [2.24, 2.45) is 7.05 Å². The molecule has 0 saturated heterocycles. The Morgan fingerprint density at radius 3 is 2.58 bits per heavy atom. The van der Waals surface area contributed by atoms with E-state index >= 15 is 0 Å². The highest BCUT2D eigenvalue weighted by Crippen LogP contribution is 2.33. The molecule has 8 nitrogen and oxygen atoms in total. The Morgan fingerprint density at radius 1 is 1.35 bits per heavy atom. The Balaban J connectivity index is 2.50. The summed E-state index contributed by atoms with van der Waals surface area (Å²) in [7, 11) is -2.10. The molecule has 0 amide bonds. The predicted octanol–water partition coefficient (Wildman–Crippen LogP) is 1.45. The van der Waals surface area contributed by atoms with Crippen LogP contribution in [0.2, 0.25) is 5.02 Å². The van der Waals surface area contributed by atoms with Gasteiger partial charge in [-0.2, -0.15) is 0 Å². The van der Waals surface area contributed by atoms with Gasteiger partial charge < -0.3 is 15.2 Å². The minimum absolute atomic E-state index is 0.0301. The van der Waals surface area contributed by atoms with Gasteiger partial charge in [0.25, 0.3) is 5.56 Å². The van der Waals surface area contributed by atoms with Crippen LogP contribution < -0.4 is 10.9 Å². The highest BCUT2D eigenvalue weighted by molar-refractivity contribution is 7.90. The van der Waals surface area contributed by atoms with Gasteiger partial charge in [0.15, 0.2) is 9.84 Å². The van der Waals surface area contributed by atoms with Crippen molar-refractivity contribution < 1.29 is 17.9 Å². The zero-order valence-electron chi connectivity index (χ0n) is 14.6. The Labute approximate surface area is 156 Å². The summed E-state index contributed by atoms with van der Waals surface area (Å²) < 4.78 is 30.4. The van der Waals surface area contributed by atoms with Gasteiger partial charge in [0.05, 0.1) is 22.2 Å². The number of H-pyrrole nitrogens is 1. The minimum Gasteiger partial charge on any atom is -0.380 e. The van der Waals surface area contributed by atoms with Gasteiger partial charge in [-0.25, -0.2) is 8.42 Å². The topological polar surface area (TPSA) is 110 Å². The fourth-order valence-electron chi connectivity index (χ4n) is 2.37. The number of aromatic nitrogens is 2. The molecule has 2 N–H and O–H groups in total. The monoisotopic (exact) mass is 401 g/mol. The number of carbonyl (C=O) groups is 1. The molecule has 0 aliphatic heterocycles. The molecular weight excluding hydrogens is 382 g/mol. The molecule has 142 valence electrons. The molecule has 1 heterocycles. The Morgan fingerprint density at radius 2 is 2.04 bits per heavy atom. The van der Waals surface area contributed by atoms with Gasteiger partial charge in [0, 0.05) is 38.2 Å². The van der Waals surface area contributed by atoms with Crippen LogP contribution in [-0.2, 0) is 21.6 Å². The number of nitrogens with one attached hydrogen (secondary N) is 2. The molecule has 0 saturated carbocycles. The average molecular weight is 402 g/mol. The zero-order valence-corrected chi connectivity index (χ0v) is 16.2. The van der Waals surface area contributed by atoms with Crippen molar-refractivity contribution in [3.05, 3.63) is 44.8 Å². The van der Waals surface area contributed by atoms with E-state index in [0.717, 1.165) is 10.9 Å². The smallest absolute Gasteiger partial charge is 0.277 e. The number of aromatic amines is 1. The Hall–Kier alpha value is -2.10. The summed E-state index contributed by atoms with van der Waals surface area (Å²) in [6.07, 6.45) is 2.34. The van der Waals surface area contributed by atoms with Crippen LogP contribution in [0.25, 0.3) is 0 Å². The minimum atomic E-state index is -3.58. The molecule has 0 spiro atoms. The highest BCUT2D eigenvalue weighted by atomic mass is 35.5. The number of sulfone groups is 1. The van der Waals surface area contributed by atoms with Gasteiger partial charge in [-0.1, -0.05) is 11.6 Å². The zero-order chi connectivity index (χ0) is 19.5. The summed E-state index contributed by atoms with van der Waals surface area (Å²) in [6.45, 7) is 3.00. The van der Waals surface area contributed by atoms with Crippen LogP contribution in [-0.4, -0.2) is 50.0 Å². The lowest BCUT2D eigenvalue weighted by atomic mass is 10.1. The quantitative estimate of drug-likeness (QED) is 0.511. The third kappa shape index (κ3) is 4.17. The number of ketones is 1. The van der Waals surface area contributed by atoms with Gasteiger partial charge >= 0.3 is 0 Å². The summed E-state index contributed by atoms with van der Waals surface area (Å²) in [4.78, 5) is 24.6. The Kier molecular flexibility index (Phi) is 6.27. The summed E-state index contributed by atoms with van der Waals surface area (Å²) in [6, 6.07) is 2.61. The van der Waals surface area contributed by atoms with Crippen LogP contribution in [0.15, 0.2) is 28.0 Å². The van der Waals surface area contributed by atoms with Crippen molar-refractivity contribution in [2.75, 3.05) is 31.3 Å². The molecule has 1 aromatic carbocycles. The maximum Gasteiger partial charge on any atom is 0.277 e. The van der Waals surface area contributed by atoms with Gasteiger partial charge in [0.2, 0.25) is 5.78 Å². The lowest BCUT2D eigenvalue weighted by Gasteiger charge is -2.15. The number of anilines is 1. The van der Waals surface area contributed by atoms with Crippen molar-refractivity contribution in [3.8, 4) is 0 Å². The maximum atomic E-state index is 12.7. The number of halogens is 1. The van der Waals surface area contributed by atoms with Crippen molar-refractivity contribution in [2.45, 2.75) is 11.8 Å². The molecule has 0 aliphatic carbocycles. The summed E-state index contributed by atoms with van der Waals surface area (Å²) in [5.74, 6) is -0.593. The molecule has 0 atom stereocenters. The molecular formula is C16H20ClN3O5S. The predicted molar refractivity (Wildman–Crippen MR) is 99.0 cm³/mol. The largest absolute Gasteiger partial charge is 0.380 e. The third-order valence-electron chi connectivity index (χ3n) is 3.68. The van der Waals surface area contributed by atoms with E-state index in [2.05, 4.69) is 10.4 Å². The lowest BCUT2D eigenvalue weighted by molar-refractivity contribution is 0.103. The number of benzene rings is 1. The maximum absolute atomic E-state index is 12.7. The molecule has 10 heteroatoms. The molecule has 0 bridgehead atoms. The van der Waals surface area contributed by atoms with E-state index in [0.29, 0.717) is 19.8 Å². The first-order valence-electron chi connectivity index (χ1n) is 7.81. The molecule has 0 radical (unpaired) electrons. The number of ether oxygens (including phenoxy) is 1. The molecule has 2 aromatic rings. The third-order valence-corrected chi connectivity index (χ3v) is 5.21. The molecule has 2 rings (SSSR count). The number of rotatable bonds is 8. The second-order valence-corrected chi connectivity index (χ2v) is 7.94. The molecule has 1 aromatic heterocycles. The van der Waals surface area contributed by atoms with E-state index in [1.165, 1.54) is 25.4 Å². The number of carbonyl (C=O) groups excluding carboxylic acids is 1. The van der Waals surface area contributed by atoms with Crippen molar-refractivity contribution in [1.82, 2.24) is 9.78 Å². The molecule has 0 unspecified atom stereocenters. The number of aryl methyl sites for hydroxylation is 1. The summed E-state index contributed by atoms with van der Waals surface area (Å²) in [5.41, 5.74) is -0.423. The fourth-order valence-corrected chi connectivity index (χ4v) is 3.60. The number of hydrogen-bond donors (Lipinski definition) is 2. The Bertz CT molecular complexity index is 978. The lowest BCUT2D eigenvalue weighted by Crippen LogP contribution is -2.20. The van der Waals surface area contributed by atoms with Crippen LogP contribution in [0.4, 0.5) is 5.69 Å². The van der Waals surface area contributed by atoms with Gasteiger partial charge in [-0.05, 0) is 19.1 Å². The number of nitrogens with zero attached hydrogens (tertiary/aromatic N) is 1. The van der Waals surface area contributed by atoms with E-state index in [-0.39, 0.29) is 26.7 Å². The highest BCUT2D eigenvalue weighted by Gasteiger charge is 2.24. The summed E-state index contributed by atoms with van der Waals surface area (Å²) >= 11 is 6.33. The van der Waals surface area contributed by atoms with Gasteiger partial charge in [0.1, 0.15) is 5.56 Å². The van der Waals surface area contributed by atoms with Crippen molar-refractivity contribution in [3.63, 3.8) is 0 Å². The van der Waals surface area contributed by atoms with Crippen molar-refractivity contribution >= 4 is 32.9 Å². The fraction of sp³-hybridized carbons (Fsp3) is 0.375. The van der Waals surface area contributed by atoms with E-state index < -0.39 is 21.2 Å². The normalized spacial score (nSPS) is 11.5. The second-order valence-electron chi connectivity index (χ2n) is 5.58. The first-order valence-corrected chi connectivity index (χ1v) is 10.1. The first kappa shape index (κ1) is 20.2. The van der Waals surface area contributed by atoms with Crippen molar-refractivity contribution in [1.29, 1.82) is 0 Å². The van der Waals surface area contributed by atoms with E-state index in [1.54, 1.807) is 0 Å². The SMILES string of the molecule is CCOCCNc1c(S(C)(=O)=O)ccc(C(=O)c2c[nH]n(C)c2=O)c1Cl. The van der Waals surface area contributed by atoms with Crippen LogP contribution in [0.5, 0.6) is 0 Å². The van der Waals surface area contributed by atoms with Crippen LogP contribution in [0, 0.1) is 0 Å². The number of hydrogen-bond acceptors (Lipinski definition) is 6. The second kappa shape index (κ2) is 8.07. The van der Waals surface area contributed by atoms with Gasteiger partial charge in [-0.15, -0.1) is 0 Å². The van der Waals surface area contributed by atoms with E-state index in [1.807, 2.05) is 6.92 Å². The van der Waals surface area contributed by atoms with Crippen LogP contribution >= 0.6 is 11.6 Å². The standard InChI is InChI=1S/C16H20ClN3O5S/c1-4-25-8-7-18-14-12(26(3,23)24)6-5-10(13(14)17)15(21)11-9-19-20(2)16(11)22/h5-6,9,18-19H,4,7-8H2,1-3H3. The molecule has 0 aliphatic rings. The molecule has 0 fully saturated rings. The average Bonchev–Trinajstić information content (AvgIpc) is 2.90. The molecule has 26 heavy (non-hydrogen) atoms. The van der Waals surface area contributed by atoms with Crippen LogP contribution in [0.3, 0.4) is 0 Å². The van der Waals surface area contributed by atoms with E-state index in [9.17, 15) is 18.0 Å². The van der Waals surface area contributed by atoms with Gasteiger partial charge in [-0.3, -0.25) is 14.3 Å².